The van der Waals surface area contributed by atoms with E-state index in [2.05, 4.69) is 0 Å². The summed E-state index contributed by atoms with van der Waals surface area (Å²) in [6, 6.07) is 9.45. The minimum absolute atomic E-state index is 0.0853. The number of ether oxygens (including phenoxy) is 1. The zero-order chi connectivity index (χ0) is 23.5. The number of methoxy groups -OCH3 is 1. The van der Waals surface area contributed by atoms with Crippen LogP contribution in [-0.2, 0) is 14.8 Å². The van der Waals surface area contributed by atoms with Gasteiger partial charge in [0.05, 0.1) is 16.9 Å². The molecule has 0 aromatic heterocycles. The predicted molar refractivity (Wildman–Crippen MR) is 120 cm³/mol. The van der Waals surface area contributed by atoms with E-state index < -0.39 is 14.9 Å². The van der Waals surface area contributed by atoms with E-state index >= 15 is 0 Å². The van der Waals surface area contributed by atoms with Crippen molar-refractivity contribution in [1.29, 1.82) is 0 Å². The van der Waals surface area contributed by atoms with Crippen LogP contribution in [0, 0.1) is 24.0 Å². The highest BCUT2D eigenvalue weighted by Gasteiger charge is 2.31. The second kappa shape index (κ2) is 9.49. The Morgan fingerprint density at radius 1 is 1.09 bits per heavy atom. The fraction of sp³-hybridized carbons (Fsp3) is 0.318. The molecule has 0 radical (unpaired) electrons. The Morgan fingerprint density at radius 3 is 2.41 bits per heavy atom. The third-order valence-electron chi connectivity index (χ3n) is 5.34. The van der Waals surface area contributed by atoms with Gasteiger partial charge in [0.15, 0.2) is 0 Å². The van der Waals surface area contributed by atoms with Crippen molar-refractivity contribution in [3.8, 4) is 5.75 Å². The van der Waals surface area contributed by atoms with E-state index in [1.807, 2.05) is 25.1 Å². The number of hydrogen-bond acceptors (Lipinski definition) is 6. The summed E-state index contributed by atoms with van der Waals surface area (Å²) in [5.41, 5.74) is 1.97. The van der Waals surface area contributed by atoms with Crippen LogP contribution in [0.2, 0.25) is 0 Å². The van der Waals surface area contributed by atoms with Gasteiger partial charge in [-0.2, -0.15) is 4.31 Å². The second-order valence-corrected chi connectivity index (χ2v) is 9.42. The van der Waals surface area contributed by atoms with Gasteiger partial charge in [-0.15, -0.1) is 0 Å². The molecule has 2 aromatic carbocycles. The van der Waals surface area contributed by atoms with Crippen molar-refractivity contribution in [2.75, 3.05) is 33.3 Å². The number of piperazine rings is 1. The summed E-state index contributed by atoms with van der Waals surface area (Å²) < 4.78 is 32.7. The van der Waals surface area contributed by atoms with Gasteiger partial charge in [-0.05, 0) is 37.6 Å². The molecule has 1 heterocycles. The summed E-state index contributed by atoms with van der Waals surface area (Å²) in [6.07, 6.45) is 3.13. The Bertz CT molecular complexity index is 1170. The summed E-state index contributed by atoms with van der Waals surface area (Å²) in [5.74, 6) is 0.431. The normalized spacial score (nSPS) is 15.2. The lowest BCUT2D eigenvalue weighted by molar-refractivity contribution is -0.385. The zero-order valence-electron chi connectivity index (χ0n) is 18.1. The van der Waals surface area contributed by atoms with Crippen LogP contribution in [0.5, 0.6) is 5.75 Å². The maximum Gasteiger partial charge on any atom is 0.270 e. The van der Waals surface area contributed by atoms with Crippen molar-refractivity contribution >= 4 is 27.7 Å². The smallest absolute Gasteiger partial charge is 0.270 e. The Labute approximate surface area is 187 Å². The van der Waals surface area contributed by atoms with Crippen LogP contribution in [0.4, 0.5) is 5.69 Å². The topological polar surface area (TPSA) is 110 Å². The van der Waals surface area contributed by atoms with Gasteiger partial charge in [-0.1, -0.05) is 17.7 Å². The highest BCUT2D eigenvalue weighted by Crippen LogP contribution is 2.26. The Kier molecular flexibility index (Phi) is 6.95. The molecule has 9 nitrogen and oxygen atoms in total. The summed E-state index contributed by atoms with van der Waals surface area (Å²) >= 11 is 0. The monoisotopic (exact) mass is 459 g/mol. The molecule has 0 saturated carbocycles. The van der Waals surface area contributed by atoms with Gasteiger partial charge in [-0.25, -0.2) is 8.42 Å². The lowest BCUT2D eigenvalue weighted by Gasteiger charge is -2.33. The van der Waals surface area contributed by atoms with E-state index in [-0.39, 0.29) is 42.7 Å². The van der Waals surface area contributed by atoms with Gasteiger partial charge in [0.1, 0.15) is 5.75 Å². The van der Waals surface area contributed by atoms with E-state index in [1.165, 1.54) is 22.5 Å². The third kappa shape index (κ3) is 4.97. The molecule has 0 spiro atoms. The Hall–Kier alpha value is -3.24. The van der Waals surface area contributed by atoms with Gasteiger partial charge >= 0.3 is 0 Å². The first-order chi connectivity index (χ1) is 15.1. The minimum Gasteiger partial charge on any atom is -0.496 e. The number of carbonyl (C=O) groups is 1. The molecular weight excluding hydrogens is 434 g/mol. The molecule has 32 heavy (non-hydrogen) atoms. The number of amides is 1. The molecule has 0 bridgehead atoms. The highest BCUT2D eigenvalue weighted by atomic mass is 32.2. The minimum atomic E-state index is -3.91. The summed E-state index contributed by atoms with van der Waals surface area (Å²) in [5, 5.41) is 11.0. The van der Waals surface area contributed by atoms with Crippen LogP contribution in [0.15, 0.2) is 47.4 Å². The molecule has 0 aliphatic carbocycles. The molecule has 10 heteroatoms. The molecule has 1 fully saturated rings. The lowest BCUT2D eigenvalue weighted by atomic mass is 10.1. The second-order valence-electron chi connectivity index (χ2n) is 7.52. The van der Waals surface area contributed by atoms with Crippen molar-refractivity contribution in [3.63, 3.8) is 0 Å². The van der Waals surface area contributed by atoms with Crippen LogP contribution >= 0.6 is 0 Å². The highest BCUT2D eigenvalue weighted by molar-refractivity contribution is 7.89. The average Bonchev–Trinajstić information content (AvgIpc) is 2.77. The quantitative estimate of drug-likeness (QED) is 0.373. The molecule has 0 N–H and O–H groups in total. The Balaban J connectivity index is 1.70. The molecule has 170 valence electrons. The number of sulfonamides is 1. The van der Waals surface area contributed by atoms with E-state index in [0.29, 0.717) is 11.3 Å². The maximum atomic E-state index is 13.0. The van der Waals surface area contributed by atoms with Crippen molar-refractivity contribution in [2.24, 2.45) is 0 Å². The fourth-order valence-corrected chi connectivity index (χ4v) is 5.19. The van der Waals surface area contributed by atoms with Crippen LogP contribution in [0.1, 0.15) is 16.7 Å². The molecule has 1 aliphatic heterocycles. The van der Waals surface area contributed by atoms with E-state index in [1.54, 1.807) is 25.0 Å². The molecule has 1 amide bonds. The fourth-order valence-electron chi connectivity index (χ4n) is 3.52. The molecule has 3 rings (SSSR count). The average molecular weight is 460 g/mol. The molecule has 1 aliphatic rings. The molecule has 2 aromatic rings. The number of nitrogens with zero attached hydrogens (tertiary/aromatic N) is 3. The number of carbonyl (C=O) groups excluding carboxylic acids is 1. The van der Waals surface area contributed by atoms with E-state index in [0.717, 1.165) is 17.2 Å². The standard InChI is InChI=1S/C22H25N3O6S/c1-16-4-8-20(31-3)18(14-16)6-9-22(26)23-10-12-24(13-11-23)32(29,30)21-15-19(25(27)28)7-5-17(21)2/h4-9,14-15H,10-13H2,1-3H3/b9-6+. The first-order valence-electron chi connectivity index (χ1n) is 10.0. The predicted octanol–water partition coefficient (Wildman–Crippen LogP) is 2.77. The summed E-state index contributed by atoms with van der Waals surface area (Å²) in [6.45, 7) is 4.21. The molecule has 0 unspecified atom stereocenters. The van der Waals surface area contributed by atoms with Gasteiger partial charge in [-0.3, -0.25) is 14.9 Å². The first kappa shape index (κ1) is 23.4. The number of aryl methyl sites for hydroxylation is 2. The molecular formula is C22H25N3O6S. The number of nitro benzene ring substituents is 1. The van der Waals surface area contributed by atoms with E-state index in [4.69, 9.17) is 4.74 Å². The number of non-ortho nitro benzene ring substituents is 1. The number of hydrogen-bond donors (Lipinski definition) is 0. The van der Waals surface area contributed by atoms with Gasteiger partial charge in [0, 0.05) is 50.0 Å². The van der Waals surface area contributed by atoms with Crippen LogP contribution < -0.4 is 4.74 Å². The summed E-state index contributed by atoms with van der Waals surface area (Å²) in [7, 11) is -2.35. The number of benzene rings is 2. The van der Waals surface area contributed by atoms with Gasteiger partial charge in [0.2, 0.25) is 15.9 Å². The van der Waals surface area contributed by atoms with Crippen molar-refractivity contribution in [1.82, 2.24) is 9.21 Å². The van der Waals surface area contributed by atoms with Gasteiger partial charge in [0.25, 0.3) is 5.69 Å². The number of rotatable bonds is 6. The third-order valence-corrected chi connectivity index (χ3v) is 7.38. The SMILES string of the molecule is COc1ccc(C)cc1/C=C/C(=O)N1CCN(S(=O)(=O)c2cc([N+](=O)[O-])ccc2C)CC1. The summed E-state index contributed by atoms with van der Waals surface area (Å²) in [4.78, 5) is 24.5. The van der Waals surface area contributed by atoms with Crippen molar-refractivity contribution < 1.29 is 22.9 Å². The first-order valence-corrected chi connectivity index (χ1v) is 11.4. The largest absolute Gasteiger partial charge is 0.496 e. The van der Waals surface area contributed by atoms with Crippen LogP contribution in [0.25, 0.3) is 6.08 Å². The van der Waals surface area contributed by atoms with Crippen molar-refractivity contribution in [2.45, 2.75) is 18.7 Å². The number of nitro groups is 1. The van der Waals surface area contributed by atoms with Crippen LogP contribution in [0.3, 0.4) is 0 Å². The Morgan fingerprint density at radius 2 is 1.78 bits per heavy atom. The van der Waals surface area contributed by atoms with E-state index in [9.17, 15) is 23.3 Å². The molecule has 1 saturated heterocycles. The van der Waals surface area contributed by atoms with Crippen molar-refractivity contribution in [3.05, 3.63) is 69.3 Å². The van der Waals surface area contributed by atoms with Gasteiger partial charge < -0.3 is 9.64 Å². The lowest BCUT2D eigenvalue weighted by Crippen LogP contribution is -2.50. The zero-order valence-corrected chi connectivity index (χ0v) is 19.0. The maximum absolute atomic E-state index is 13.0. The molecule has 0 atom stereocenters. The van der Waals surface area contributed by atoms with Crippen LogP contribution in [-0.4, -0.2) is 61.7 Å².